The van der Waals surface area contributed by atoms with Crippen molar-refractivity contribution in [3.05, 3.63) is 35.4 Å². The number of hydrogen-bond donors (Lipinski definition) is 0. The minimum Gasteiger partial charge on any atom is -0.166 e. The molecule has 0 fully saturated rings. The van der Waals surface area contributed by atoms with Crippen molar-refractivity contribution in [1.82, 2.24) is 0 Å². The lowest BCUT2D eigenvalue weighted by Crippen LogP contribution is -2.15. The van der Waals surface area contributed by atoms with Gasteiger partial charge in [-0.2, -0.15) is 13.2 Å². The molecule has 0 aliphatic rings. The molecule has 0 heterocycles. The zero-order valence-corrected chi connectivity index (χ0v) is 10.8. The molecular formula is C12H14BrF3. The molecule has 0 amide bonds. The van der Waals surface area contributed by atoms with Crippen molar-refractivity contribution in [2.24, 2.45) is 0 Å². The van der Waals surface area contributed by atoms with Gasteiger partial charge in [-0.15, -0.1) is 0 Å². The van der Waals surface area contributed by atoms with Crippen LogP contribution in [0.1, 0.15) is 37.3 Å². The molecule has 0 aliphatic heterocycles. The maximum Gasteiger partial charge on any atom is 0.416 e. The summed E-state index contributed by atoms with van der Waals surface area (Å²) in [6.07, 6.45) is -3.47. The van der Waals surface area contributed by atoms with Gasteiger partial charge in [-0.25, -0.2) is 0 Å². The van der Waals surface area contributed by atoms with Crippen molar-refractivity contribution in [2.45, 2.75) is 37.2 Å². The van der Waals surface area contributed by atoms with Crippen LogP contribution in [-0.4, -0.2) is 4.83 Å². The standard InChI is InChI=1S/C12H14BrF3/c1-3-11(13)8(2)9-6-4-5-7-10(9)12(14,15)16/h4-8,11H,3H2,1-2H3. The van der Waals surface area contributed by atoms with Gasteiger partial charge in [-0.1, -0.05) is 48.0 Å². The van der Waals surface area contributed by atoms with Crippen LogP contribution in [0, 0.1) is 0 Å². The normalized spacial score (nSPS) is 15.9. The molecule has 0 aliphatic carbocycles. The number of hydrogen-bond acceptors (Lipinski definition) is 0. The number of rotatable bonds is 3. The summed E-state index contributed by atoms with van der Waals surface area (Å²) in [5, 5.41) is 0. The Morgan fingerprint density at radius 1 is 1.25 bits per heavy atom. The van der Waals surface area contributed by atoms with E-state index in [4.69, 9.17) is 0 Å². The quantitative estimate of drug-likeness (QED) is 0.690. The molecule has 1 aromatic rings. The summed E-state index contributed by atoms with van der Waals surface area (Å²) in [6.45, 7) is 3.76. The highest BCUT2D eigenvalue weighted by atomic mass is 79.9. The van der Waals surface area contributed by atoms with Gasteiger partial charge in [0, 0.05) is 4.83 Å². The van der Waals surface area contributed by atoms with Gasteiger partial charge < -0.3 is 0 Å². The number of alkyl halides is 4. The van der Waals surface area contributed by atoms with Gasteiger partial charge in [0.1, 0.15) is 0 Å². The fourth-order valence-corrected chi connectivity index (χ4v) is 1.99. The van der Waals surface area contributed by atoms with Crippen molar-refractivity contribution in [1.29, 1.82) is 0 Å². The molecule has 2 unspecified atom stereocenters. The second kappa shape index (κ2) is 5.21. The van der Waals surface area contributed by atoms with Gasteiger partial charge in [0.2, 0.25) is 0 Å². The zero-order chi connectivity index (χ0) is 12.3. The van der Waals surface area contributed by atoms with E-state index >= 15 is 0 Å². The predicted octanol–water partition coefficient (Wildman–Crippen LogP) is 4.98. The summed E-state index contributed by atoms with van der Waals surface area (Å²) in [5.74, 6) is -0.150. The molecule has 0 N–H and O–H groups in total. The lowest BCUT2D eigenvalue weighted by atomic mass is 9.92. The van der Waals surface area contributed by atoms with Crippen LogP contribution in [0.15, 0.2) is 24.3 Å². The lowest BCUT2D eigenvalue weighted by Gasteiger charge is -2.21. The average molecular weight is 295 g/mol. The van der Waals surface area contributed by atoms with Crippen LogP contribution in [0.4, 0.5) is 13.2 Å². The van der Waals surface area contributed by atoms with Gasteiger partial charge in [-0.05, 0) is 24.0 Å². The van der Waals surface area contributed by atoms with E-state index in [0.29, 0.717) is 5.56 Å². The molecule has 0 aromatic heterocycles. The van der Waals surface area contributed by atoms with Crippen LogP contribution >= 0.6 is 15.9 Å². The fourth-order valence-electron chi connectivity index (χ4n) is 1.70. The summed E-state index contributed by atoms with van der Waals surface area (Å²) >= 11 is 3.41. The molecule has 0 spiro atoms. The van der Waals surface area contributed by atoms with Gasteiger partial charge in [0.15, 0.2) is 0 Å². The highest BCUT2D eigenvalue weighted by Crippen LogP contribution is 2.37. The van der Waals surface area contributed by atoms with Crippen molar-refractivity contribution >= 4 is 15.9 Å². The van der Waals surface area contributed by atoms with E-state index < -0.39 is 11.7 Å². The SMILES string of the molecule is CCC(Br)C(C)c1ccccc1C(F)(F)F. The Kier molecular flexibility index (Phi) is 4.42. The van der Waals surface area contributed by atoms with E-state index in [0.717, 1.165) is 12.5 Å². The first-order valence-corrected chi connectivity index (χ1v) is 6.09. The smallest absolute Gasteiger partial charge is 0.166 e. The van der Waals surface area contributed by atoms with Gasteiger partial charge in [0.05, 0.1) is 5.56 Å². The summed E-state index contributed by atoms with van der Waals surface area (Å²) in [6, 6.07) is 5.77. The summed E-state index contributed by atoms with van der Waals surface area (Å²) in [5.41, 5.74) is -0.167. The first-order valence-electron chi connectivity index (χ1n) is 5.18. The second-order valence-electron chi connectivity index (χ2n) is 3.80. The fraction of sp³-hybridized carbons (Fsp3) is 0.500. The van der Waals surface area contributed by atoms with Crippen LogP contribution in [0.25, 0.3) is 0 Å². The summed E-state index contributed by atoms with van der Waals surface area (Å²) in [7, 11) is 0. The molecule has 1 aromatic carbocycles. The van der Waals surface area contributed by atoms with Crippen LogP contribution in [-0.2, 0) is 6.18 Å². The monoisotopic (exact) mass is 294 g/mol. The molecule has 0 radical (unpaired) electrons. The van der Waals surface area contributed by atoms with E-state index in [-0.39, 0.29) is 10.7 Å². The maximum atomic E-state index is 12.8. The van der Waals surface area contributed by atoms with Crippen LogP contribution < -0.4 is 0 Å². The molecule has 90 valence electrons. The number of halogens is 4. The Balaban J connectivity index is 3.13. The van der Waals surface area contributed by atoms with Crippen molar-refractivity contribution in [2.75, 3.05) is 0 Å². The van der Waals surface area contributed by atoms with Crippen LogP contribution in [0.2, 0.25) is 0 Å². The van der Waals surface area contributed by atoms with Crippen molar-refractivity contribution < 1.29 is 13.2 Å². The average Bonchev–Trinajstić information content (AvgIpc) is 2.26. The van der Waals surface area contributed by atoms with Crippen LogP contribution in [0.3, 0.4) is 0 Å². The molecule has 4 heteroatoms. The maximum absolute atomic E-state index is 12.8. The van der Waals surface area contributed by atoms with Crippen molar-refractivity contribution in [3.8, 4) is 0 Å². The summed E-state index contributed by atoms with van der Waals surface area (Å²) in [4.78, 5) is 0.0657. The van der Waals surface area contributed by atoms with Crippen molar-refractivity contribution in [3.63, 3.8) is 0 Å². The third kappa shape index (κ3) is 3.00. The van der Waals surface area contributed by atoms with Crippen LogP contribution in [0.5, 0.6) is 0 Å². The first kappa shape index (κ1) is 13.6. The zero-order valence-electron chi connectivity index (χ0n) is 9.18. The Labute approximate surface area is 102 Å². The Morgan fingerprint density at radius 2 is 1.81 bits per heavy atom. The lowest BCUT2D eigenvalue weighted by molar-refractivity contribution is -0.138. The third-order valence-electron chi connectivity index (χ3n) is 2.69. The highest BCUT2D eigenvalue weighted by Gasteiger charge is 2.34. The largest absolute Gasteiger partial charge is 0.416 e. The molecule has 0 nitrogen and oxygen atoms in total. The van der Waals surface area contributed by atoms with E-state index in [9.17, 15) is 13.2 Å². The number of benzene rings is 1. The summed E-state index contributed by atoms with van der Waals surface area (Å²) < 4.78 is 38.3. The molecule has 2 atom stereocenters. The minimum absolute atomic E-state index is 0.0657. The molecule has 0 saturated heterocycles. The molecule has 16 heavy (non-hydrogen) atoms. The Morgan fingerprint density at radius 3 is 2.31 bits per heavy atom. The third-order valence-corrected chi connectivity index (χ3v) is 4.13. The van der Waals surface area contributed by atoms with Gasteiger partial charge in [-0.3, -0.25) is 0 Å². The van der Waals surface area contributed by atoms with E-state index in [1.54, 1.807) is 12.1 Å². The van der Waals surface area contributed by atoms with Gasteiger partial charge >= 0.3 is 6.18 Å². The Bertz CT molecular complexity index is 346. The Hall–Kier alpha value is -0.510. The van der Waals surface area contributed by atoms with E-state index in [1.807, 2.05) is 13.8 Å². The second-order valence-corrected chi connectivity index (χ2v) is 4.97. The highest BCUT2D eigenvalue weighted by molar-refractivity contribution is 9.09. The topological polar surface area (TPSA) is 0 Å². The molecule has 1 rings (SSSR count). The van der Waals surface area contributed by atoms with E-state index in [2.05, 4.69) is 15.9 Å². The minimum atomic E-state index is -4.27. The molecule has 0 bridgehead atoms. The predicted molar refractivity (Wildman–Crippen MR) is 62.9 cm³/mol. The first-order chi connectivity index (χ1) is 7.38. The molecular weight excluding hydrogens is 281 g/mol. The van der Waals surface area contributed by atoms with E-state index in [1.165, 1.54) is 6.07 Å². The van der Waals surface area contributed by atoms with Gasteiger partial charge in [0.25, 0.3) is 0 Å². The molecule has 0 saturated carbocycles.